The summed E-state index contributed by atoms with van der Waals surface area (Å²) >= 11 is 0. The minimum atomic E-state index is -0.251. The summed E-state index contributed by atoms with van der Waals surface area (Å²) < 4.78 is 15.8. The minimum Gasteiger partial charge on any atom is -0.504 e. The molecule has 7 heteroatoms. The molecule has 0 saturated heterocycles. The second-order valence-corrected chi connectivity index (χ2v) is 5.32. The van der Waals surface area contributed by atoms with Gasteiger partial charge in [0.15, 0.2) is 23.0 Å². The van der Waals surface area contributed by atoms with Crippen LogP contribution in [0.25, 0.3) is 0 Å². The Labute approximate surface area is 144 Å². The highest BCUT2D eigenvalue weighted by Gasteiger charge is 2.14. The SMILES string of the molecule is CCOc1cc(/C=N/NC(=O)Cc2ccc3c(c2)OCO3)ccc1O. The van der Waals surface area contributed by atoms with Crippen LogP contribution in [0.4, 0.5) is 0 Å². The standard InChI is InChI=1S/C18H18N2O5/c1-2-23-16-8-13(3-5-14(16)21)10-19-20-18(22)9-12-4-6-15-17(7-12)25-11-24-15/h3-8,10,21H,2,9,11H2,1H3,(H,20,22)/b19-10+. The number of ether oxygens (including phenoxy) is 3. The Bertz CT molecular complexity index is 804. The zero-order chi connectivity index (χ0) is 17.6. The number of nitrogens with zero attached hydrogens (tertiary/aromatic N) is 1. The normalized spacial score (nSPS) is 12.4. The zero-order valence-corrected chi connectivity index (χ0v) is 13.7. The molecule has 1 aliphatic rings. The van der Waals surface area contributed by atoms with Crippen LogP contribution in [0.1, 0.15) is 18.1 Å². The van der Waals surface area contributed by atoms with Crippen LogP contribution >= 0.6 is 0 Å². The van der Waals surface area contributed by atoms with E-state index in [9.17, 15) is 9.90 Å². The van der Waals surface area contributed by atoms with Gasteiger partial charge in [-0.15, -0.1) is 0 Å². The predicted molar refractivity (Wildman–Crippen MR) is 91.3 cm³/mol. The maximum Gasteiger partial charge on any atom is 0.244 e. The van der Waals surface area contributed by atoms with E-state index in [2.05, 4.69) is 10.5 Å². The fourth-order valence-electron chi connectivity index (χ4n) is 2.34. The van der Waals surface area contributed by atoms with E-state index >= 15 is 0 Å². The molecule has 1 amide bonds. The molecular formula is C18H18N2O5. The van der Waals surface area contributed by atoms with E-state index in [0.29, 0.717) is 29.4 Å². The van der Waals surface area contributed by atoms with Gasteiger partial charge in [0.25, 0.3) is 0 Å². The molecule has 130 valence electrons. The highest BCUT2D eigenvalue weighted by Crippen LogP contribution is 2.32. The number of phenols is 1. The van der Waals surface area contributed by atoms with Gasteiger partial charge in [0.2, 0.25) is 12.7 Å². The van der Waals surface area contributed by atoms with Gasteiger partial charge in [-0.05, 0) is 48.4 Å². The number of hydrazone groups is 1. The molecule has 2 aromatic carbocycles. The number of hydrogen-bond donors (Lipinski definition) is 2. The summed E-state index contributed by atoms with van der Waals surface area (Å²) in [6.45, 7) is 2.47. The molecule has 2 N–H and O–H groups in total. The van der Waals surface area contributed by atoms with Gasteiger partial charge < -0.3 is 19.3 Å². The summed E-state index contributed by atoms with van der Waals surface area (Å²) in [5.41, 5.74) is 3.97. The second kappa shape index (κ2) is 7.57. The predicted octanol–water partition coefficient (Wildman–Crippen LogP) is 2.21. The third-order valence-corrected chi connectivity index (χ3v) is 3.49. The van der Waals surface area contributed by atoms with Gasteiger partial charge in [-0.3, -0.25) is 4.79 Å². The molecule has 0 atom stereocenters. The molecule has 0 fully saturated rings. The largest absolute Gasteiger partial charge is 0.504 e. The van der Waals surface area contributed by atoms with Crippen LogP contribution in [-0.4, -0.2) is 30.6 Å². The maximum absolute atomic E-state index is 12.0. The van der Waals surface area contributed by atoms with Gasteiger partial charge in [0.05, 0.1) is 19.2 Å². The molecule has 2 aromatic rings. The molecular weight excluding hydrogens is 324 g/mol. The van der Waals surface area contributed by atoms with E-state index < -0.39 is 0 Å². The minimum absolute atomic E-state index is 0.0610. The lowest BCUT2D eigenvalue weighted by Gasteiger charge is -2.06. The lowest BCUT2D eigenvalue weighted by Crippen LogP contribution is -2.19. The highest BCUT2D eigenvalue weighted by atomic mass is 16.7. The van der Waals surface area contributed by atoms with Crippen LogP contribution in [0.15, 0.2) is 41.5 Å². The summed E-state index contributed by atoms with van der Waals surface area (Å²) in [7, 11) is 0. The lowest BCUT2D eigenvalue weighted by molar-refractivity contribution is -0.120. The van der Waals surface area contributed by atoms with Crippen molar-refractivity contribution in [3.8, 4) is 23.0 Å². The first-order valence-electron chi connectivity index (χ1n) is 7.82. The average Bonchev–Trinajstić information content (AvgIpc) is 3.05. The molecule has 1 aliphatic heterocycles. The van der Waals surface area contributed by atoms with Crippen molar-refractivity contribution in [2.24, 2.45) is 5.10 Å². The number of aromatic hydroxyl groups is 1. The Hall–Kier alpha value is -3.22. The number of amides is 1. The van der Waals surface area contributed by atoms with Crippen molar-refractivity contribution in [1.29, 1.82) is 0 Å². The number of nitrogens with one attached hydrogen (secondary N) is 1. The number of fused-ring (bicyclic) bond motifs is 1. The average molecular weight is 342 g/mol. The molecule has 0 saturated carbocycles. The zero-order valence-electron chi connectivity index (χ0n) is 13.7. The van der Waals surface area contributed by atoms with Crippen LogP contribution in [0.5, 0.6) is 23.0 Å². The Kier molecular flexibility index (Phi) is 5.03. The molecule has 0 spiro atoms. The van der Waals surface area contributed by atoms with E-state index in [-0.39, 0.29) is 24.9 Å². The molecule has 25 heavy (non-hydrogen) atoms. The van der Waals surface area contributed by atoms with Crippen LogP contribution in [0.2, 0.25) is 0 Å². The van der Waals surface area contributed by atoms with Crippen molar-refractivity contribution in [2.45, 2.75) is 13.3 Å². The van der Waals surface area contributed by atoms with E-state index in [0.717, 1.165) is 5.56 Å². The maximum atomic E-state index is 12.0. The number of benzene rings is 2. The van der Waals surface area contributed by atoms with E-state index in [1.807, 2.05) is 13.0 Å². The summed E-state index contributed by atoms with van der Waals surface area (Å²) in [6.07, 6.45) is 1.66. The number of carbonyl (C=O) groups excluding carboxylic acids is 1. The summed E-state index contributed by atoms with van der Waals surface area (Å²) in [5, 5.41) is 13.6. The van der Waals surface area contributed by atoms with Crippen molar-refractivity contribution < 1.29 is 24.1 Å². The number of hydrogen-bond acceptors (Lipinski definition) is 6. The number of carbonyl (C=O) groups is 1. The topological polar surface area (TPSA) is 89.4 Å². The second-order valence-electron chi connectivity index (χ2n) is 5.32. The van der Waals surface area contributed by atoms with Crippen molar-refractivity contribution in [3.05, 3.63) is 47.5 Å². The molecule has 3 rings (SSSR count). The smallest absolute Gasteiger partial charge is 0.244 e. The summed E-state index contributed by atoms with van der Waals surface area (Å²) in [6, 6.07) is 10.2. The molecule has 0 radical (unpaired) electrons. The Morgan fingerprint density at radius 2 is 2.12 bits per heavy atom. The van der Waals surface area contributed by atoms with E-state index in [1.54, 1.807) is 24.3 Å². The van der Waals surface area contributed by atoms with Crippen molar-refractivity contribution in [1.82, 2.24) is 5.43 Å². The first-order chi connectivity index (χ1) is 12.2. The molecule has 7 nitrogen and oxygen atoms in total. The van der Waals surface area contributed by atoms with Gasteiger partial charge >= 0.3 is 0 Å². The Morgan fingerprint density at radius 3 is 2.96 bits per heavy atom. The van der Waals surface area contributed by atoms with Gasteiger partial charge in [-0.2, -0.15) is 5.10 Å². The molecule has 0 bridgehead atoms. The summed E-state index contributed by atoms with van der Waals surface area (Å²) in [5.74, 6) is 1.50. The molecule has 0 aromatic heterocycles. The first kappa shape index (κ1) is 16.6. The first-order valence-corrected chi connectivity index (χ1v) is 7.82. The Balaban J connectivity index is 1.57. The quantitative estimate of drug-likeness (QED) is 0.621. The molecule has 1 heterocycles. The van der Waals surface area contributed by atoms with Crippen LogP contribution < -0.4 is 19.6 Å². The Morgan fingerprint density at radius 1 is 1.28 bits per heavy atom. The van der Waals surface area contributed by atoms with Crippen LogP contribution in [0, 0.1) is 0 Å². The van der Waals surface area contributed by atoms with Gasteiger partial charge in [0.1, 0.15) is 0 Å². The fourth-order valence-corrected chi connectivity index (χ4v) is 2.34. The third-order valence-electron chi connectivity index (χ3n) is 3.49. The van der Waals surface area contributed by atoms with Gasteiger partial charge in [0, 0.05) is 0 Å². The number of phenolic OH excluding ortho intramolecular Hbond substituents is 1. The lowest BCUT2D eigenvalue weighted by atomic mass is 10.1. The van der Waals surface area contributed by atoms with Crippen molar-refractivity contribution in [3.63, 3.8) is 0 Å². The monoisotopic (exact) mass is 342 g/mol. The van der Waals surface area contributed by atoms with Crippen molar-refractivity contribution >= 4 is 12.1 Å². The molecule has 0 aliphatic carbocycles. The third kappa shape index (κ3) is 4.20. The fraction of sp³-hybridized carbons (Fsp3) is 0.222. The van der Waals surface area contributed by atoms with Crippen LogP contribution in [-0.2, 0) is 11.2 Å². The van der Waals surface area contributed by atoms with Gasteiger partial charge in [-0.25, -0.2) is 5.43 Å². The summed E-state index contributed by atoms with van der Waals surface area (Å²) in [4.78, 5) is 12.0. The van der Waals surface area contributed by atoms with E-state index in [4.69, 9.17) is 14.2 Å². The van der Waals surface area contributed by atoms with Crippen LogP contribution in [0.3, 0.4) is 0 Å². The number of rotatable bonds is 6. The van der Waals surface area contributed by atoms with Gasteiger partial charge in [-0.1, -0.05) is 6.07 Å². The van der Waals surface area contributed by atoms with Crippen molar-refractivity contribution in [2.75, 3.05) is 13.4 Å². The highest BCUT2D eigenvalue weighted by molar-refractivity contribution is 5.84. The molecule has 0 unspecified atom stereocenters. The van der Waals surface area contributed by atoms with E-state index in [1.165, 1.54) is 12.3 Å².